The molecule has 1 aromatic rings. The molecule has 2 N–H and O–H groups in total. The molecule has 0 aliphatic heterocycles. The zero-order chi connectivity index (χ0) is 15.6. The van der Waals surface area contributed by atoms with Crippen molar-refractivity contribution in [1.82, 2.24) is 9.03 Å². The minimum absolute atomic E-state index is 0.106. The summed E-state index contributed by atoms with van der Waals surface area (Å²) in [5.41, 5.74) is -0.723. The lowest BCUT2D eigenvalue weighted by atomic mass is 9.97. The van der Waals surface area contributed by atoms with Gasteiger partial charge in [0.25, 0.3) is 10.2 Å². The second-order valence-electron chi connectivity index (χ2n) is 5.01. The maximum Gasteiger partial charge on any atom is 0.279 e. The van der Waals surface area contributed by atoms with Crippen LogP contribution in [0.1, 0.15) is 37.9 Å². The molecule has 0 radical (unpaired) electrons. The highest BCUT2D eigenvalue weighted by molar-refractivity contribution is 7.87. The van der Waals surface area contributed by atoms with Crippen molar-refractivity contribution in [3.8, 4) is 0 Å². The molecule has 1 aromatic heterocycles. The predicted molar refractivity (Wildman–Crippen MR) is 77.6 cm³/mol. The molecule has 0 saturated carbocycles. The quantitative estimate of drug-likeness (QED) is 0.795. The van der Waals surface area contributed by atoms with Crippen LogP contribution in [0.5, 0.6) is 0 Å². The van der Waals surface area contributed by atoms with Crippen LogP contribution in [0.15, 0.2) is 10.5 Å². The first-order valence-corrected chi connectivity index (χ1v) is 8.12. The van der Waals surface area contributed by atoms with Crippen LogP contribution < -0.4 is 4.72 Å². The Balaban J connectivity index is 2.85. The molecule has 0 aromatic carbocycles. The van der Waals surface area contributed by atoms with Gasteiger partial charge < -0.3 is 9.52 Å². The van der Waals surface area contributed by atoms with Gasteiger partial charge in [-0.25, -0.2) is 0 Å². The largest absolute Gasteiger partial charge is 0.466 e. The first kappa shape index (κ1) is 17.2. The van der Waals surface area contributed by atoms with Gasteiger partial charge in [-0.05, 0) is 26.8 Å². The first-order valence-electron chi connectivity index (χ1n) is 6.68. The fourth-order valence-corrected chi connectivity index (χ4v) is 3.47. The molecule has 6 nitrogen and oxygen atoms in total. The van der Waals surface area contributed by atoms with Crippen LogP contribution in [0.3, 0.4) is 0 Å². The maximum absolute atomic E-state index is 12.0. The van der Waals surface area contributed by atoms with E-state index < -0.39 is 15.8 Å². The van der Waals surface area contributed by atoms with Gasteiger partial charge >= 0.3 is 0 Å². The van der Waals surface area contributed by atoms with E-state index in [0.717, 1.165) is 0 Å². The zero-order valence-corrected chi connectivity index (χ0v) is 13.5. The minimum atomic E-state index is -3.58. The zero-order valence-electron chi connectivity index (χ0n) is 12.7. The summed E-state index contributed by atoms with van der Waals surface area (Å²) in [6, 6.07) is 1.72. The van der Waals surface area contributed by atoms with Crippen LogP contribution in [-0.2, 0) is 15.8 Å². The van der Waals surface area contributed by atoms with E-state index in [9.17, 15) is 13.5 Å². The second kappa shape index (κ2) is 6.26. The molecule has 0 aliphatic carbocycles. The van der Waals surface area contributed by atoms with E-state index in [4.69, 9.17) is 4.42 Å². The van der Waals surface area contributed by atoms with Gasteiger partial charge in [0.05, 0.1) is 0 Å². The third-order valence-electron chi connectivity index (χ3n) is 3.27. The normalized spacial score (nSPS) is 15.6. The Morgan fingerprint density at radius 2 is 1.90 bits per heavy atom. The number of nitrogens with zero attached hydrogens (tertiary/aromatic N) is 1. The maximum atomic E-state index is 12.0. The number of hydrogen-bond donors (Lipinski definition) is 2. The molecule has 0 saturated heterocycles. The van der Waals surface area contributed by atoms with Gasteiger partial charge in [0.2, 0.25) is 0 Å². The van der Waals surface area contributed by atoms with Gasteiger partial charge in [0.15, 0.2) is 0 Å². The third kappa shape index (κ3) is 3.82. The molecule has 20 heavy (non-hydrogen) atoms. The summed E-state index contributed by atoms with van der Waals surface area (Å²) in [6.07, 6.45) is 0. The van der Waals surface area contributed by atoms with E-state index >= 15 is 0 Å². The molecule has 1 unspecified atom stereocenters. The lowest BCUT2D eigenvalue weighted by Gasteiger charge is -2.26. The molecule has 7 heteroatoms. The number of nitrogens with one attached hydrogen (secondary N) is 1. The van der Waals surface area contributed by atoms with Crippen LogP contribution in [0.2, 0.25) is 0 Å². The van der Waals surface area contributed by atoms with Gasteiger partial charge in [-0.1, -0.05) is 13.8 Å². The number of rotatable bonds is 7. The van der Waals surface area contributed by atoms with Crippen molar-refractivity contribution in [1.29, 1.82) is 0 Å². The summed E-state index contributed by atoms with van der Waals surface area (Å²) in [5, 5.41) is 10.5. The average Bonchev–Trinajstić information content (AvgIpc) is 2.68. The van der Waals surface area contributed by atoms with Gasteiger partial charge in [-0.3, -0.25) is 0 Å². The highest BCUT2D eigenvalue weighted by atomic mass is 32.2. The van der Waals surface area contributed by atoms with E-state index in [0.29, 0.717) is 30.2 Å². The van der Waals surface area contributed by atoms with Gasteiger partial charge in [0.1, 0.15) is 17.1 Å². The molecule has 0 spiro atoms. The molecule has 116 valence electrons. The summed E-state index contributed by atoms with van der Waals surface area (Å²) < 4.78 is 33.2. The van der Waals surface area contributed by atoms with E-state index in [2.05, 4.69) is 4.72 Å². The van der Waals surface area contributed by atoms with E-state index in [1.165, 1.54) is 4.31 Å². The van der Waals surface area contributed by atoms with E-state index in [1.54, 1.807) is 40.7 Å². The molecule has 1 rings (SSSR count). The number of aryl methyl sites for hydroxylation is 2. The van der Waals surface area contributed by atoms with Crippen LogP contribution in [0.25, 0.3) is 0 Å². The SMILES string of the molecule is CCN(CC)S(=O)(=O)NCC(C)(O)c1cc(C)oc1C. The molecular formula is C13H24N2O4S. The molecular weight excluding hydrogens is 280 g/mol. The van der Waals surface area contributed by atoms with Crippen molar-refractivity contribution in [2.45, 2.75) is 40.2 Å². The average molecular weight is 304 g/mol. The fraction of sp³-hybridized carbons (Fsp3) is 0.692. The molecule has 1 heterocycles. The number of aliphatic hydroxyl groups is 1. The minimum Gasteiger partial charge on any atom is -0.466 e. The monoisotopic (exact) mass is 304 g/mol. The lowest BCUT2D eigenvalue weighted by molar-refractivity contribution is 0.0607. The van der Waals surface area contributed by atoms with Gasteiger partial charge in [-0.15, -0.1) is 0 Å². The van der Waals surface area contributed by atoms with Crippen molar-refractivity contribution >= 4 is 10.2 Å². The highest BCUT2D eigenvalue weighted by Crippen LogP contribution is 2.26. The number of hydrogen-bond acceptors (Lipinski definition) is 4. The second-order valence-corrected chi connectivity index (χ2v) is 6.77. The summed E-state index contributed by atoms with van der Waals surface area (Å²) in [5.74, 6) is 1.28. The van der Waals surface area contributed by atoms with Crippen molar-refractivity contribution in [3.63, 3.8) is 0 Å². The predicted octanol–water partition coefficient (Wildman–Crippen LogP) is 1.28. The highest BCUT2D eigenvalue weighted by Gasteiger charge is 2.30. The number of furan rings is 1. The Kier molecular flexibility index (Phi) is 5.37. The lowest BCUT2D eigenvalue weighted by Crippen LogP contribution is -2.46. The van der Waals surface area contributed by atoms with Gasteiger partial charge in [0, 0.05) is 25.2 Å². The summed E-state index contributed by atoms with van der Waals surface area (Å²) in [6.45, 7) is 9.30. The summed E-state index contributed by atoms with van der Waals surface area (Å²) in [7, 11) is -3.58. The van der Waals surface area contributed by atoms with Crippen molar-refractivity contribution < 1.29 is 17.9 Å². The standard InChI is InChI=1S/C13H24N2O4S/c1-6-15(7-2)20(17,18)14-9-13(5,16)12-8-10(3)19-11(12)4/h8,14,16H,6-7,9H2,1-5H3. The topological polar surface area (TPSA) is 82.8 Å². The van der Waals surface area contributed by atoms with E-state index in [-0.39, 0.29) is 6.54 Å². The Hall–Kier alpha value is -0.890. The fourth-order valence-electron chi connectivity index (χ4n) is 2.15. The molecule has 0 aliphatic rings. The first-order chi connectivity index (χ1) is 9.14. The van der Waals surface area contributed by atoms with Crippen LogP contribution in [0.4, 0.5) is 0 Å². The van der Waals surface area contributed by atoms with Crippen molar-refractivity contribution in [3.05, 3.63) is 23.2 Å². The summed E-state index contributed by atoms with van der Waals surface area (Å²) in [4.78, 5) is 0. The Morgan fingerprint density at radius 3 is 2.30 bits per heavy atom. The van der Waals surface area contributed by atoms with Gasteiger partial charge in [-0.2, -0.15) is 17.4 Å². The summed E-state index contributed by atoms with van der Waals surface area (Å²) >= 11 is 0. The van der Waals surface area contributed by atoms with Crippen LogP contribution in [0, 0.1) is 13.8 Å². The van der Waals surface area contributed by atoms with Crippen LogP contribution in [-0.4, -0.2) is 37.5 Å². The third-order valence-corrected chi connectivity index (χ3v) is 4.97. The van der Waals surface area contributed by atoms with Crippen LogP contribution >= 0.6 is 0 Å². The molecule has 0 bridgehead atoms. The smallest absolute Gasteiger partial charge is 0.279 e. The van der Waals surface area contributed by atoms with Crippen molar-refractivity contribution in [2.75, 3.05) is 19.6 Å². The van der Waals surface area contributed by atoms with Crippen molar-refractivity contribution in [2.24, 2.45) is 0 Å². The Morgan fingerprint density at radius 1 is 1.35 bits per heavy atom. The Bertz CT molecular complexity index is 545. The van der Waals surface area contributed by atoms with E-state index in [1.807, 2.05) is 0 Å². The molecule has 0 amide bonds. The Labute approximate surface area is 121 Å². The molecule has 0 fully saturated rings. The molecule has 1 atom stereocenters.